The second kappa shape index (κ2) is 7.85. The number of hydrogen-bond acceptors (Lipinski definition) is 2. The summed E-state index contributed by atoms with van der Waals surface area (Å²) >= 11 is 0. The van der Waals surface area contributed by atoms with Crippen molar-refractivity contribution in [3.63, 3.8) is 0 Å². The number of benzene rings is 2. The normalized spacial score (nSPS) is 14.8. The van der Waals surface area contributed by atoms with Crippen LogP contribution in [-0.2, 0) is 11.0 Å². The molecule has 0 aliphatic heterocycles. The molecule has 0 saturated carbocycles. The molecule has 0 aliphatic carbocycles. The van der Waals surface area contributed by atoms with Crippen molar-refractivity contribution in [1.29, 1.82) is 0 Å². The quantitative estimate of drug-likeness (QED) is 0.777. The molecule has 2 aromatic carbocycles. The number of hydrogen-bond donors (Lipinski definition) is 1. The standard InChI is InChI=1S/C20H29NO2SSi/c1-20(2,3)24(22)21-19(16-12-14-17(23-4)15-13-16)25(5,6)18-10-8-7-9-11-18/h7-15,19,21H,1-6H3/t19-,24-/m1/s1. The Kier molecular flexibility index (Phi) is 6.24. The summed E-state index contributed by atoms with van der Waals surface area (Å²) in [7, 11) is -1.44. The van der Waals surface area contributed by atoms with Crippen LogP contribution < -0.4 is 14.6 Å². The van der Waals surface area contributed by atoms with Gasteiger partial charge in [0.25, 0.3) is 0 Å². The van der Waals surface area contributed by atoms with Gasteiger partial charge in [-0.05, 0) is 38.5 Å². The molecule has 0 fully saturated rings. The summed E-state index contributed by atoms with van der Waals surface area (Å²) in [6, 6.07) is 18.7. The molecule has 0 aliphatic rings. The monoisotopic (exact) mass is 375 g/mol. The molecule has 136 valence electrons. The molecule has 0 spiro atoms. The zero-order valence-electron chi connectivity index (χ0n) is 16.0. The molecule has 2 atom stereocenters. The Morgan fingerprint density at radius 2 is 1.56 bits per heavy atom. The lowest BCUT2D eigenvalue weighted by Gasteiger charge is -2.35. The summed E-state index contributed by atoms with van der Waals surface area (Å²) in [6.45, 7) is 10.6. The highest BCUT2D eigenvalue weighted by Gasteiger charge is 2.37. The first-order chi connectivity index (χ1) is 11.7. The summed E-state index contributed by atoms with van der Waals surface area (Å²) in [5.41, 5.74) is 1.19. The van der Waals surface area contributed by atoms with E-state index in [1.807, 2.05) is 39.0 Å². The fraction of sp³-hybridized carbons (Fsp3) is 0.400. The number of ether oxygens (including phenoxy) is 1. The minimum Gasteiger partial charge on any atom is -0.497 e. The van der Waals surface area contributed by atoms with Gasteiger partial charge in [-0.3, -0.25) is 0 Å². The molecule has 5 heteroatoms. The van der Waals surface area contributed by atoms with Gasteiger partial charge in [0.15, 0.2) is 0 Å². The topological polar surface area (TPSA) is 38.3 Å². The van der Waals surface area contributed by atoms with Gasteiger partial charge in [0.05, 0.1) is 22.8 Å². The van der Waals surface area contributed by atoms with Crippen LogP contribution in [0.25, 0.3) is 0 Å². The zero-order chi connectivity index (χ0) is 18.7. The van der Waals surface area contributed by atoms with Gasteiger partial charge in [0.2, 0.25) is 0 Å². The predicted molar refractivity (Wildman–Crippen MR) is 110 cm³/mol. The largest absolute Gasteiger partial charge is 0.497 e. The Balaban J connectivity index is 2.45. The fourth-order valence-electron chi connectivity index (χ4n) is 2.75. The van der Waals surface area contributed by atoms with Crippen LogP contribution in [0.3, 0.4) is 0 Å². The zero-order valence-corrected chi connectivity index (χ0v) is 17.8. The maximum atomic E-state index is 12.8. The van der Waals surface area contributed by atoms with Gasteiger partial charge in [-0.25, -0.2) is 8.93 Å². The summed E-state index contributed by atoms with van der Waals surface area (Å²) < 4.78 is 21.3. The van der Waals surface area contributed by atoms with Crippen LogP contribution >= 0.6 is 0 Å². The Morgan fingerprint density at radius 3 is 2.04 bits per heavy atom. The first-order valence-electron chi connectivity index (χ1n) is 8.54. The van der Waals surface area contributed by atoms with Gasteiger partial charge in [-0.1, -0.05) is 60.7 Å². The molecule has 0 amide bonds. The van der Waals surface area contributed by atoms with Crippen molar-refractivity contribution in [3.8, 4) is 5.75 Å². The lowest BCUT2D eigenvalue weighted by molar-refractivity contribution is 0.414. The third kappa shape index (κ3) is 4.81. The van der Waals surface area contributed by atoms with E-state index in [-0.39, 0.29) is 10.4 Å². The first kappa shape index (κ1) is 19.9. The Labute approximate surface area is 155 Å². The van der Waals surface area contributed by atoms with Crippen molar-refractivity contribution in [1.82, 2.24) is 4.72 Å². The van der Waals surface area contributed by atoms with E-state index in [1.165, 1.54) is 5.19 Å². The lowest BCUT2D eigenvalue weighted by atomic mass is 10.2. The molecular weight excluding hydrogens is 346 g/mol. The third-order valence-electron chi connectivity index (χ3n) is 4.47. The molecule has 1 N–H and O–H groups in total. The summed E-state index contributed by atoms with van der Waals surface area (Å²) in [6.07, 6.45) is 0. The van der Waals surface area contributed by atoms with E-state index in [0.717, 1.165) is 11.3 Å². The highest BCUT2D eigenvalue weighted by molar-refractivity contribution is 7.84. The van der Waals surface area contributed by atoms with Crippen LogP contribution in [0.5, 0.6) is 5.75 Å². The second-order valence-electron chi connectivity index (χ2n) is 7.79. The summed E-state index contributed by atoms with van der Waals surface area (Å²) in [5, 5.41) is 1.34. The fourth-order valence-corrected chi connectivity index (χ4v) is 7.36. The number of rotatable bonds is 6. The van der Waals surface area contributed by atoms with Crippen molar-refractivity contribution >= 4 is 24.2 Å². The summed E-state index contributed by atoms with van der Waals surface area (Å²) in [5.74, 6) is 0.832. The molecule has 2 aromatic rings. The van der Waals surface area contributed by atoms with Gasteiger partial charge in [-0.2, -0.15) is 0 Å². The van der Waals surface area contributed by atoms with Crippen molar-refractivity contribution < 1.29 is 8.95 Å². The molecule has 0 saturated heterocycles. The molecule has 0 aromatic heterocycles. The number of nitrogens with one attached hydrogen (secondary N) is 1. The van der Waals surface area contributed by atoms with Crippen LogP contribution in [0.4, 0.5) is 0 Å². The van der Waals surface area contributed by atoms with Crippen LogP contribution in [0.1, 0.15) is 32.0 Å². The average molecular weight is 376 g/mol. The maximum absolute atomic E-state index is 12.8. The minimum atomic E-state index is -1.96. The summed E-state index contributed by atoms with van der Waals surface area (Å²) in [4.78, 5) is 0. The van der Waals surface area contributed by atoms with E-state index in [0.29, 0.717) is 0 Å². The SMILES string of the molecule is COc1ccc([C@H](N[S@](=O)C(C)(C)C)[Si](C)(C)c2ccccc2)cc1. The number of methoxy groups -OCH3 is 1. The second-order valence-corrected chi connectivity index (χ2v) is 14.4. The van der Waals surface area contributed by atoms with E-state index in [4.69, 9.17) is 4.74 Å². The van der Waals surface area contributed by atoms with Gasteiger partial charge in [0.1, 0.15) is 13.8 Å². The lowest BCUT2D eigenvalue weighted by Crippen LogP contribution is -2.54. The van der Waals surface area contributed by atoms with Crippen LogP contribution in [0, 0.1) is 0 Å². The Morgan fingerprint density at radius 1 is 1.00 bits per heavy atom. The molecule has 0 unspecified atom stereocenters. The predicted octanol–water partition coefficient (Wildman–Crippen LogP) is 3.94. The van der Waals surface area contributed by atoms with Crippen molar-refractivity contribution in [2.45, 2.75) is 44.3 Å². The van der Waals surface area contributed by atoms with E-state index >= 15 is 0 Å². The van der Waals surface area contributed by atoms with Crippen LogP contribution in [0.2, 0.25) is 13.1 Å². The highest BCUT2D eigenvalue weighted by atomic mass is 32.2. The maximum Gasteiger partial charge on any atom is 0.118 e. The highest BCUT2D eigenvalue weighted by Crippen LogP contribution is 2.28. The smallest absolute Gasteiger partial charge is 0.118 e. The first-order valence-corrected chi connectivity index (χ1v) is 12.8. The molecule has 0 radical (unpaired) electrons. The molecular formula is C20H29NO2SSi. The molecule has 0 heterocycles. The van der Waals surface area contributed by atoms with Crippen molar-refractivity contribution in [2.75, 3.05) is 7.11 Å². The third-order valence-corrected chi connectivity index (χ3v) is 9.98. The van der Waals surface area contributed by atoms with E-state index in [9.17, 15) is 4.21 Å². The Hall–Kier alpha value is -1.43. The average Bonchev–Trinajstić information content (AvgIpc) is 2.59. The van der Waals surface area contributed by atoms with Crippen LogP contribution in [-0.4, -0.2) is 24.1 Å². The van der Waals surface area contributed by atoms with Crippen molar-refractivity contribution in [2.24, 2.45) is 0 Å². The van der Waals surface area contributed by atoms with Crippen LogP contribution in [0.15, 0.2) is 54.6 Å². The minimum absolute atomic E-state index is 0.0425. The molecule has 0 bridgehead atoms. The van der Waals surface area contributed by atoms with Gasteiger partial charge in [0, 0.05) is 5.67 Å². The molecule has 25 heavy (non-hydrogen) atoms. The van der Waals surface area contributed by atoms with E-state index in [2.05, 4.69) is 54.2 Å². The van der Waals surface area contributed by atoms with Gasteiger partial charge < -0.3 is 4.74 Å². The van der Waals surface area contributed by atoms with E-state index < -0.39 is 19.1 Å². The van der Waals surface area contributed by atoms with E-state index in [1.54, 1.807) is 7.11 Å². The van der Waals surface area contributed by atoms with Gasteiger partial charge in [-0.15, -0.1) is 0 Å². The van der Waals surface area contributed by atoms with Gasteiger partial charge >= 0.3 is 0 Å². The molecule has 2 rings (SSSR count). The van der Waals surface area contributed by atoms with Crippen molar-refractivity contribution in [3.05, 3.63) is 60.2 Å². The molecule has 3 nitrogen and oxygen atoms in total. The Bertz CT molecular complexity index is 709.